The van der Waals surface area contributed by atoms with Crippen LogP contribution in [0.2, 0.25) is 0 Å². The number of para-hydroxylation sites is 1. The van der Waals surface area contributed by atoms with Gasteiger partial charge < -0.3 is 19.7 Å². The number of carbonyl (C=O) groups is 1. The maximum Gasteiger partial charge on any atom is 0.335 e. The van der Waals surface area contributed by atoms with Gasteiger partial charge in [0.15, 0.2) is 0 Å². The van der Waals surface area contributed by atoms with E-state index in [9.17, 15) is 15.0 Å². The van der Waals surface area contributed by atoms with Gasteiger partial charge in [0.2, 0.25) is 0 Å². The zero-order valence-corrected chi connectivity index (χ0v) is 17.9. The van der Waals surface area contributed by atoms with Gasteiger partial charge >= 0.3 is 5.97 Å². The van der Waals surface area contributed by atoms with Gasteiger partial charge in [-0.05, 0) is 48.9 Å². The van der Waals surface area contributed by atoms with E-state index < -0.39 is 5.97 Å². The molecule has 0 unspecified atom stereocenters. The van der Waals surface area contributed by atoms with Crippen LogP contribution in [0, 0.1) is 0 Å². The van der Waals surface area contributed by atoms with E-state index in [4.69, 9.17) is 0 Å². The Labute approximate surface area is 182 Å². The van der Waals surface area contributed by atoms with Crippen molar-refractivity contribution in [2.75, 3.05) is 24.6 Å². The molecule has 1 saturated carbocycles. The van der Waals surface area contributed by atoms with Crippen LogP contribution in [0.3, 0.4) is 0 Å². The molecule has 2 heterocycles. The molecule has 2 aromatic carbocycles. The van der Waals surface area contributed by atoms with Crippen LogP contribution in [-0.4, -0.2) is 40.4 Å². The summed E-state index contributed by atoms with van der Waals surface area (Å²) >= 11 is 0. The van der Waals surface area contributed by atoms with Crippen LogP contribution < -0.4 is 4.90 Å². The molecular formula is C26H30N2O3. The van der Waals surface area contributed by atoms with Gasteiger partial charge in [-0.15, -0.1) is 0 Å². The minimum absolute atomic E-state index is 0.184. The van der Waals surface area contributed by atoms with Crippen molar-refractivity contribution in [3.63, 3.8) is 0 Å². The lowest BCUT2D eigenvalue weighted by Crippen LogP contribution is -2.27. The van der Waals surface area contributed by atoms with Crippen LogP contribution in [0.15, 0.2) is 42.5 Å². The molecule has 5 rings (SSSR count). The average molecular weight is 419 g/mol. The van der Waals surface area contributed by atoms with Crippen molar-refractivity contribution in [3.05, 3.63) is 53.6 Å². The SMILES string of the molecule is O=C(O)c1ccc2c(C3CCCCC3)c3n(c2c1)CCN(CCCO)c1ccccc1-3. The Hall–Kier alpha value is -2.79. The molecule has 1 aliphatic heterocycles. The number of nitrogens with zero attached hydrogens (tertiary/aromatic N) is 2. The molecule has 5 heteroatoms. The molecule has 162 valence electrons. The lowest BCUT2D eigenvalue weighted by atomic mass is 9.81. The first kappa shape index (κ1) is 20.1. The molecular weight excluding hydrogens is 388 g/mol. The molecule has 2 N–H and O–H groups in total. The first-order valence-corrected chi connectivity index (χ1v) is 11.5. The molecule has 0 atom stereocenters. The third kappa shape index (κ3) is 3.51. The minimum Gasteiger partial charge on any atom is -0.478 e. The van der Waals surface area contributed by atoms with E-state index in [2.05, 4.69) is 33.7 Å². The third-order valence-electron chi connectivity index (χ3n) is 7.04. The van der Waals surface area contributed by atoms with Crippen LogP contribution >= 0.6 is 0 Å². The highest BCUT2D eigenvalue weighted by molar-refractivity contribution is 5.99. The number of fused-ring (bicyclic) bond motifs is 5. The maximum atomic E-state index is 11.7. The fourth-order valence-electron chi connectivity index (χ4n) is 5.62. The summed E-state index contributed by atoms with van der Waals surface area (Å²) < 4.78 is 2.36. The Morgan fingerprint density at radius 2 is 1.84 bits per heavy atom. The van der Waals surface area contributed by atoms with E-state index in [0.717, 1.165) is 31.6 Å². The average Bonchev–Trinajstić information content (AvgIpc) is 3.04. The number of benzene rings is 2. The number of aromatic nitrogens is 1. The Kier molecular flexibility index (Phi) is 5.45. The van der Waals surface area contributed by atoms with Crippen molar-refractivity contribution in [2.45, 2.75) is 51.0 Å². The van der Waals surface area contributed by atoms with Gasteiger partial charge in [-0.1, -0.05) is 43.5 Å². The summed E-state index contributed by atoms with van der Waals surface area (Å²) in [5, 5.41) is 20.2. The van der Waals surface area contributed by atoms with E-state index in [1.54, 1.807) is 6.07 Å². The predicted octanol–water partition coefficient (Wildman–Crippen LogP) is 5.26. The number of rotatable bonds is 5. The second-order valence-electron chi connectivity index (χ2n) is 8.87. The highest BCUT2D eigenvalue weighted by atomic mass is 16.4. The van der Waals surface area contributed by atoms with Crippen molar-refractivity contribution in [2.24, 2.45) is 0 Å². The third-order valence-corrected chi connectivity index (χ3v) is 7.04. The fraction of sp³-hybridized carbons (Fsp3) is 0.423. The quantitative estimate of drug-likeness (QED) is 0.593. The second-order valence-corrected chi connectivity index (χ2v) is 8.87. The monoisotopic (exact) mass is 418 g/mol. The van der Waals surface area contributed by atoms with Gasteiger partial charge in [0.25, 0.3) is 0 Å². The smallest absolute Gasteiger partial charge is 0.335 e. The normalized spacial score (nSPS) is 16.7. The second kappa shape index (κ2) is 8.39. The van der Waals surface area contributed by atoms with Crippen molar-refractivity contribution in [3.8, 4) is 11.3 Å². The zero-order chi connectivity index (χ0) is 21.4. The Balaban J connectivity index is 1.77. The zero-order valence-electron chi connectivity index (χ0n) is 17.9. The first-order chi connectivity index (χ1) is 15.2. The van der Waals surface area contributed by atoms with Gasteiger partial charge in [0, 0.05) is 48.4 Å². The lowest BCUT2D eigenvalue weighted by Gasteiger charge is -2.26. The van der Waals surface area contributed by atoms with Gasteiger partial charge in [-0.2, -0.15) is 0 Å². The molecule has 1 aromatic heterocycles. The Morgan fingerprint density at radius 1 is 1.03 bits per heavy atom. The molecule has 0 saturated heterocycles. The largest absolute Gasteiger partial charge is 0.478 e. The molecule has 3 aromatic rings. The molecule has 1 aliphatic carbocycles. The number of aromatic carboxylic acids is 1. The number of aliphatic hydroxyl groups excluding tert-OH is 1. The standard InChI is InChI=1S/C26H30N2O3/c29-16-6-13-27-14-15-28-23-17-19(26(30)31)11-12-20(23)24(18-7-2-1-3-8-18)25(28)21-9-4-5-10-22(21)27/h4-5,9-12,17-18,29H,1-3,6-8,13-16H2,(H,30,31). The topological polar surface area (TPSA) is 65.7 Å². The maximum absolute atomic E-state index is 11.7. The first-order valence-electron chi connectivity index (χ1n) is 11.5. The molecule has 5 nitrogen and oxygen atoms in total. The van der Waals surface area contributed by atoms with Gasteiger partial charge in [-0.3, -0.25) is 0 Å². The molecule has 0 amide bonds. The summed E-state index contributed by atoms with van der Waals surface area (Å²) in [5.74, 6) is -0.365. The summed E-state index contributed by atoms with van der Waals surface area (Å²) in [6, 6.07) is 14.2. The molecule has 1 fully saturated rings. The van der Waals surface area contributed by atoms with E-state index >= 15 is 0 Å². The van der Waals surface area contributed by atoms with Gasteiger partial charge in [0.05, 0.1) is 11.3 Å². The fourth-order valence-corrected chi connectivity index (χ4v) is 5.62. The Bertz CT molecular complexity index is 1110. The number of carboxylic acids is 1. The number of anilines is 1. The number of aliphatic hydroxyl groups is 1. The summed E-state index contributed by atoms with van der Waals surface area (Å²) in [4.78, 5) is 14.1. The molecule has 0 radical (unpaired) electrons. The summed E-state index contributed by atoms with van der Waals surface area (Å²) in [5.41, 5.74) is 6.50. The van der Waals surface area contributed by atoms with Crippen LogP contribution in [0.5, 0.6) is 0 Å². The van der Waals surface area contributed by atoms with Crippen molar-refractivity contribution in [1.82, 2.24) is 4.57 Å². The summed E-state index contributed by atoms with van der Waals surface area (Å²) in [6.07, 6.45) is 6.96. The van der Waals surface area contributed by atoms with E-state index in [-0.39, 0.29) is 6.61 Å². The minimum atomic E-state index is -0.879. The van der Waals surface area contributed by atoms with Crippen LogP contribution in [0.1, 0.15) is 60.4 Å². The van der Waals surface area contributed by atoms with E-state index in [1.165, 1.54) is 60.0 Å². The lowest BCUT2D eigenvalue weighted by molar-refractivity contribution is 0.0697. The highest BCUT2D eigenvalue weighted by Crippen LogP contribution is 2.47. The summed E-state index contributed by atoms with van der Waals surface area (Å²) in [7, 11) is 0. The van der Waals surface area contributed by atoms with Crippen molar-refractivity contribution in [1.29, 1.82) is 0 Å². The summed E-state index contributed by atoms with van der Waals surface area (Å²) in [6.45, 7) is 2.65. The number of carboxylic acid groups (broad SMARTS) is 1. The number of hydrogen-bond donors (Lipinski definition) is 2. The molecule has 0 bridgehead atoms. The van der Waals surface area contributed by atoms with Crippen molar-refractivity contribution < 1.29 is 15.0 Å². The van der Waals surface area contributed by atoms with E-state index in [1.807, 2.05) is 12.1 Å². The van der Waals surface area contributed by atoms with Crippen LogP contribution in [0.25, 0.3) is 22.2 Å². The molecule has 2 aliphatic rings. The van der Waals surface area contributed by atoms with Crippen molar-refractivity contribution >= 4 is 22.6 Å². The predicted molar refractivity (Wildman–Crippen MR) is 124 cm³/mol. The van der Waals surface area contributed by atoms with E-state index in [0.29, 0.717) is 11.5 Å². The molecule has 0 spiro atoms. The highest BCUT2D eigenvalue weighted by Gasteiger charge is 2.30. The number of hydrogen-bond acceptors (Lipinski definition) is 3. The van der Waals surface area contributed by atoms with Gasteiger partial charge in [0.1, 0.15) is 0 Å². The molecule has 31 heavy (non-hydrogen) atoms. The Morgan fingerprint density at radius 3 is 2.61 bits per heavy atom. The van der Waals surface area contributed by atoms with Crippen LogP contribution in [-0.2, 0) is 6.54 Å². The van der Waals surface area contributed by atoms with Crippen LogP contribution in [0.4, 0.5) is 5.69 Å². The van der Waals surface area contributed by atoms with Gasteiger partial charge in [-0.25, -0.2) is 4.79 Å².